The normalized spacial score (nSPS) is 18.1. The first-order chi connectivity index (χ1) is 17.1. The molecule has 12 heteroatoms. The predicted molar refractivity (Wildman–Crippen MR) is 125 cm³/mol. The number of fused-ring (bicyclic) bond motifs is 2. The van der Waals surface area contributed by atoms with Gasteiger partial charge in [-0.3, -0.25) is 4.79 Å². The Balaban J connectivity index is 1.16. The van der Waals surface area contributed by atoms with Gasteiger partial charge in [-0.2, -0.15) is 5.10 Å². The quantitative estimate of drug-likeness (QED) is 0.355. The van der Waals surface area contributed by atoms with Crippen LogP contribution in [0.15, 0.2) is 49.4 Å². The maximum Gasteiger partial charge on any atom is 0.270 e. The molecule has 0 bridgehead atoms. The maximum absolute atomic E-state index is 14.6. The lowest BCUT2D eigenvalue weighted by atomic mass is 9.91. The van der Waals surface area contributed by atoms with E-state index in [9.17, 15) is 9.18 Å². The minimum Gasteiger partial charge on any atom is -0.365 e. The summed E-state index contributed by atoms with van der Waals surface area (Å²) in [5.41, 5.74) is 2.30. The number of carbonyl (C=O) groups is 1. The number of amides is 1. The molecule has 1 amide bonds. The van der Waals surface area contributed by atoms with Crippen molar-refractivity contribution >= 4 is 28.4 Å². The van der Waals surface area contributed by atoms with Crippen molar-refractivity contribution in [3.05, 3.63) is 61.0 Å². The van der Waals surface area contributed by atoms with Crippen LogP contribution in [0.3, 0.4) is 0 Å². The van der Waals surface area contributed by atoms with E-state index in [-0.39, 0.29) is 23.8 Å². The fourth-order valence-corrected chi connectivity index (χ4v) is 4.49. The van der Waals surface area contributed by atoms with Gasteiger partial charge in [-0.05, 0) is 31.7 Å². The highest BCUT2D eigenvalue weighted by Crippen LogP contribution is 2.27. The molecule has 0 aliphatic heterocycles. The third kappa shape index (κ3) is 4.14. The van der Waals surface area contributed by atoms with E-state index in [1.165, 1.54) is 6.33 Å². The Morgan fingerprint density at radius 1 is 1.14 bits per heavy atom. The summed E-state index contributed by atoms with van der Waals surface area (Å²) in [5.74, 6) is -0.270. The minimum absolute atomic E-state index is 0.0529. The van der Waals surface area contributed by atoms with E-state index >= 15 is 0 Å². The molecule has 0 radical (unpaired) electrons. The average Bonchev–Trinajstić information content (AvgIpc) is 3.52. The van der Waals surface area contributed by atoms with Gasteiger partial charge in [0, 0.05) is 47.7 Å². The van der Waals surface area contributed by atoms with Crippen molar-refractivity contribution in [2.45, 2.75) is 37.8 Å². The predicted octanol–water partition coefficient (Wildman–Crippen LogP) is 2.75. The molecule has 0 spiro atoms. The largest absolute Gasteiger partial charge is 0.365 e. The van der Waals surface area contributed by atoms with Gasteiger partial charge in [0.2, 0.25) is 0 Å². The molecular formula is C23H21FN10O. The summed E-state index contributed by atoms with van der Waals surface area (Å²) in [6.45, 7) is 0. The number of aromatic amines is 1. The van der Waals surface area contributed by atoms with Crippen LogP contribution in [-0.4, -0.2) is 57.5 Å². The van der Waals surface area contributed by atoms with Gasteiger partial charge < -0.3 is 15.6 Å². The molecule has 0 aromatic carbocycles. The second-order valence-corrected chi connectivity index (χ2v) is 8.50. The summed E-state index contributed by atoms with van der Waals surface area (Å²) in [4.78, 5) is 37.0. The smallest absolute Gasteiger partial charge is 0.270 e. The van der Waals surface area contributed by atoms with Crippen LogP contribution in [0.5, 0.6) is 0 Å². The third-order valence-corrected chi connectivity index (χ3v) is 6.18. The minimum atomic E-state index is -0.533. The number of hydrogen-bond acceptors (Lipinski definition) is 8. The first-order valence-corrected chi connectivity index (χ1v) is 11.3. The van der Waals surface area contributed by atoms with Gasteiger partial charge in [0.1, 0.15) is 17.7 Å². The molecule has 5 aromatic rings. The standard InChI is InChI=1S/C23H21FN10O/c24-17-11-27-21(16-10-26-20-15(16)9-25-12-28-20)33-22(17)30-13-2-1-3-14(8-13)31-23(35)18-5-7-34-19(32-18)4-6-29-34/h4-7,9-14H,1-3,8H2,(H,31,35)(H,25,26,28)(H,27,30,33). The van der Waals surface area contributed by atoms with Crippen LogP contribution in [0, 0.1) is 5.82 Å². The van der Waals surface area contributed by atoms with Crippen molar-refractivity contribution in [2.24, 2.45) is 0 Å². The Labute approximate surface area is 198 Å². The van der Waals surface area contributed by atoms with Crippen molar-refractivity contribution in [1.82, 2.24) is 44.8 Å². The average molecular weight is 472 g/mol. The molecule has 2 atom stereocenters. The molecule has 176 valence electrons. The van der Waals surface area contributed by atoms with Gasteiger partial charge in [0.15, 0.2) is 23.1 Å². The summed E-state index contributed by atoms with van der Waals surface area (Å²) in [7, 11) is 0. The molecule has 1 aliphatic rings. The van der Waals surface area contributed by atoms with Crippen LogP contribution >= 0.6 is 0 Å². The lowest BCUT2D eigenvalue weighted by molar-refractivity contribution is 0.0921. The molecule has 6 rings (SSSR count). The van der Waals surface area contributed by atoms with Crippen LogP contribution < -0.4 is 10.6 Å². The topological polar surface area (TPSA) is 139 Å². The van der Waals surface area contributed by atoms with Crippen molar-refractivity contribution in [2.75, 3.05) is 5.32 Å². The van der Waals surface area contributed by atoms with E-state index in [1.54, 1.807) is 41.4 Å². The lowest BCUT2D eigenvalue weighted by Gasteiger charge is -2.30. The highest BCUT2D eigenvalue weighted by Gasteiger charge is 2.25. The van der Waals surface area contributed by atoms with Crippen LogP contribution in [0.25, 0.3) is 28.1 Å². The Bertz CT molecular complexity index is 1530. The van der Waals surface area contributed by atoms with E-state index in [2.05, 4.69) is 45.6 Å². The van der Waals surface area contributed by atoms with Gasteiger partial charge in [-0.25, -0.2) is 33.8 Å². The molecule has 5 aromatic heterocycles. The third-order valence-electron chi connectivity index (χ3n) is 6.18. The summed E-state index contributed by atoms with van der Waals surface area (Å²) < 4.78 is 16.2. The summed E-state index contributed by atoms with van der Waals surface area (Å²) >= 11 is 0. The van der Waals surface area contributed by atoms with Gasteiger partial charge in [-0.1, -0.05) is 0 Å². The van der Waals surface area contributed by atoms with Crippen molar-refractivity contribution in [3.8, 4) is 11.4 Å². The van der Waals surface area contributed by atoms with Crippen LogP contribution in [0.1, 0.15) is 36.2 Å². The number of carbonyl (C=O) groups excluding carboxylic acids is 1. The molecule has 35 heavy (non-hydrogen) atoms. The van der Waals surface area contributed by atoms with Gasteiger partial charge >= 0.3 is 0 Å². The zero-order chi connectivity index (χ0) is 23.8. The Hall–Kier alpha value is -4.48. The first-order valence-electron chi connectivity index (χ1n) is 11.3. The molecule has 1 saturated carbocycles. The Morgan fingerprint density at radius 3 is 3.00 bits per heavy atom. The number of nitrogens with one attached hydrogen (secondary N) is 3. The molecule has 3 N–H and O–H groups in total. The highest BCUT2D eigenvalue weighted by molar-refractivity contribution is 5.93. The summed E-state index contributed by atoms with van der Waals surface area (Å²) in [6, 6.07) is 3.27. The number of rotatable bonds is 5. The zero-order valence-electron chi connectivity index (χ0n) is 18.5. The fourth-order valence-electron chi connectivity index (χ4n) is 4.49. The molecule has 1 fully saturated rings. The highest BCUT2D eigenvalue weighted by atomic mass is 19.1. The van der Waals surface area contributed by atoms with Gasteiger partial charge in [0.05, 0.1) is 12.4 Å². The monoisotopic (exact) mass is 472 g/mol. The molecule has 11 nitrogen and oxygen atoms in total. The molecule has 5 heterocycles. The Kier molecular flexibility index (Phi) is 5.24. The second kappa shape index (κ2) is 8.70. The maximum atomic E-state index is 14.6. The van der Waals surface area contributed by atoms with Crippen LogP contribution in [0.2, 0.25) is 0 Å². The van der Waals surface area contributed by atoms with Gasteiger partial charge in [0.25, 0.3) is 5.91 Å². The summed E-state index contributed by atoms with van der Waals surface area (Å²) in [6.07, 6.45) is 12.6. The fraction of sp³-hybridized carbons (Fsp3) is 0.261. The number of anilines is 1. The number of halogens is 1. The first kappa shape index (κ1) is 21.1. The van der Waals surface area contributed by atoms with E-state index < -0.39 is 5.82 Å². The van der Waals surface area contributed by atoms with E-state index in [4.69, 9.17) is 0 Å². The Morgan fingerprint density at radius 2 is 2.06 bits per heavy atom. The van der Waals surface area contributed by atoms with Gasteiger partial charge in [-0.15, -0.1) is 0 Å². The number of hydrogen-bond donors (Lipinski definition) is 3. The van der Waals surface area contributed by atoms with Crippen LogP contribution in [-0.2, 0) is 0 Å². The molecule has 2 unspecified atom stereocenters. The number of H-pyrrole nitrogens is 1. The molecular weight excluding hydrogens is 451 g/mol. The lowest BCUT2D eigenvalue weighted by Crippen LogP contribution is -2.42. The summed E-state index contributed by atoms with van der Waals surface area (Å²) in [5, 5.41) is 11.1. The number of aromatic nitrogens is 8. The second-order valence-electron chi connectivity index (χ2n) is 8.50. The number of nitrogens with zero attached hydrogens (tertiary/aromatic N) is 7. The van der Waals surface area contributed by atoms with Crippen molar-refractivity contribution in [3.63, 3.8) is 0 Å². The van der Waals surface area contributed by atoms with Crippen molar-refractivity contribution in [1.29, 1.82) is 0 Å². The molecule has 1 aliphatic carbocycles. The zero-order valence-corrected chi connectivity index (χ0v) is 18.5. The van der Waals surface area contributed by atoms with Crippen molar-refractivity contribution < 1.29 is 9.18 Å². The SMILES string of the molecule is O=C(NC1CCCC(Nc2nc(-c3c[nH]c4ncncc34)ncc2F)C1)c1ccn2nccc2n1. The van der Waals surface area contributed by atoms with E-state index in [1.807, 2.05) is 0 Å². The van der Waals surface area contributed by atoms with E-state index in [0.717, 1.165) is 30.8 Å². The van der Waals surface area contributed by atoms with Crippen LogP contribution in [0.4, 0.5) is 10.2 Å². The van der Waals surface area contributed by atoms with E-state index in [0.29, 0.717) is 34.8 Å². The molecule has 0 saturated heterocycles.